The predicted molar refractivity (Wildman–Crippen MR) is 162 cm³/mol. The van der Waals surface area contributed by atoms with Crippen LogP contribution in [-0.4, -0.2) is 92.3 Å². The van der Waals surface area contributed by atoms with Crippen LogP contribution in [0.15, 0.2) is 57.8 Å². The Morgan fingerprint density at radius 3 is 2.84 bits per heavy atom. The average molecular weight is 642 g/mol. The Hall–Kier alpha value is -3.27. The van der Waals surface area contributed by atoms with Crippen LogP contribution in [0, 0.1) is 17.8 Å². The SMILES string of the molecule is Nc1nc2ccc(S(=O)(=O)N(CC3CCNC3)C[C@@H](O)[C@H](Cc3ccccc3)NC(=O)OC3C4CC5C[C@@H]3COC5O4)cc2o1. The van der Waals surface area contributed by atoms with Gasteiger partial charge in [-0.25, -0.2) is 13.2 Å². The third kappa shape index (κ3) is 6.40. The fourth-order valence-electron chi connectivity index (χ4n) is 7.18. The zero-order valence-electron chi connectivity index (χ0n) is 24.8. The number of aliphatic hydroxyl groups excluding tert-OH is 1. The molecule has 8 atom stereocenters. The first-order valence-electron chi connectivity index (χ1n) is 15.6. The Kier molecular flexibility index (Phi) is 8.44. The van der Waals surface area contributed by atoms with Gasteiger partial charge in [-0.2, -0.15) is 9.29 Å². The summed E-state index contributed by atoms with van der Waals surface area (Å²) >= 11 is 0. The number of amides is 1. The van der Waals surface area contributed by atoms with E-state index in [2.05, 4.69) is 15.6 Å². The minimum Gasteiger partial charge on any atom is -0.443 e. The van der Waals surface area contributed by atoms with E-state index in [1.54, 1.807) is 6.07 Å². The van der Waals surface area contributed by atoms with Crippen molar-refractivity contribution in [3.05, 3.63) is 54.1 Å². The molecule has 1 aliphatic carbocycles. The Morgan fingerprint density at radius 1 is 1.20 bits per heavy atom. The number of fused-ring (bicyclic) bond motifs is 3. The van der Waals surface area contributed by atoms with Gasteiger partial charge < -0.3 is 40.1 Å². The molecule has 2 aromatic carbocycles. The molecule has 0 radical (unpaired) electrons. The number of rotatable bonds is 11. The van der Waals surface area contributed by atoms with Crippen molar-refractivity contribution in [3.8, 4) is 0 Å². The number of oxazole rings is 1. The van der Waals surface area contributed by atoms with Crippen LogP contribution in [-0.2, 0) is 30.7 Å². The molecule has 3 aliphatic heterocycles. The number of nitrogens with two attached hydrogens (primary N) is 1. The summed E-state index contributed by atoms with van der Waals surface area (Å²) in [6, 6.07) is 12.9. The van der Waals surface area contributed by atoms with Crippen LogP contribution in [0.3, 0.4) is 0 Å². The van der Waals surface area contributed by atoms with Gasteiger partial charge in [0.15, 0.2) is 11.9 Å². The maximum Gasteiger partial charge on any atom is 0.407 e. The van der Waals surface area contributed by atoms with Gasteiger partial charge in [0.05, 0.1) is 29.8 Å². The molecule has 5 N–H and O–H groups in total. The molecule has 14 heteroatoms. The lowest BCUT2D eigenvalue weighted by atomic mass is 9.78. The van der Waals surface area contributed by atoms with Crippen molar-refractivity contribution in [1.29, 1.82) is 0 Å². The number of hydrogen-bond acceptors (Lipinski definition) is 11. The minimum absolute atomic E-state index is 0.000498. The van der Waals surface area contributed by atoms with Gasteiger partial charge in [-0.1, -0.05) is 30.3 Å². The van der Waals surface area contributed by atoms with Gasteiger partial charge in [-0.05, 0) is 62.4 Å². The number of hydrogen-bond donors (Lipinski definition) is 4. The van der Waals surface area contributed by atoms with Crippen LogP contribution in [0.25, 0.3) is 11.1 Å². The number of nitrogens with one attached hydrogen (secondary N) is 2. The van der Waals surface area contributed by atoms with Gasteiger partial charge in [0.1, 0.15) is 11.6 Å². The maximum atomic E-state index is 14.1. The molecule has 242 valence electrons. The highest BCUT2D eigenvalue weighted by Crippen LogP contribution is 2.46. The van der Waals surface area contributed by atoms with Crippen LogP contribution in [0.2, 0.25) is 0 Å². The molecular formula is C31H39N5O8S. The lowest BCUT2D eigenvalue weighted by Gasteiger charge is -2.37. The Morgan fingerprint density at radius 2 is 2.04 bits per heavy atom. The van der Waals surface area contributed by atoms with Crippen molar-refractivity contribution in [3.63, 3.8) is 0 Å². The van der Waals surface area contributed by atoms with Crippen molar-refractivity contribution >= 4 is 33.2 Å². The molecular weight excluding hydrogens is 602 g/mol. The topological polar surface area (TPSA) is 178 Å². The summed E-state index contributed by atoms with van der Waals surface area (Å²) in [4.78, 5) is 17.4. The van der Waals surface area contributed by atoms with Gasteiger partial charge in [0.2, 0.25) is 10.0 Å². The molecule has 4 fully saturated rings. The van der Waals surface area contributed by atoms with Crippen LogP contribution >= 0.6 is 0 Å². The lowest BCUT2D eigenvalue weighted by Crippen LogP contribution is -2.53. The standard InChI is InChI=1S/C31H39N5O8S/c32-30-34-23-7-6-22(13-26(23)43-30)45(39,40)36(15-19-8-9-33-14-19)16-25(37)24(10-18-4-2-1-3-5-18)35-31(38)44-28-21-11-20-12-27(28)42-29(20)41-17-21/h1-7,13,19-21,24-25,27-29,33,37H,8-12,14-17H2,(H2,32,34)(H,35,38)/t19?,20?,21-,24+,25-,27?,28?,29?/m1/s1. The summed E-state index contributed by atoms with van der Waals surface area (Å²) in [6.07, 6.45) is -0.118. The monoisotopic (exact) mass is 641 g/mol. The second kappa shape index (κ2) is 12.5. The summed E-state index contributed by atoms with van der Waals surface area (Å²) in [5.41, 5.74) is 7.25. The number of carbonyl (C=O) groups is 1. The number of nitrogens with zero attached hydrogens (tertiary/aromatic N) is 2. The van der Waals surface area contributed by atoms with E-state index in [9.17, 15) is 18.3 Å². The summed E-state index contributed by atoms with van der Waals surface area (Å²) in [5, 5.41) is 17.8. The van der Waals surface area contributed by atoms with E-state index in [0.29, 0.717) is 24.6 Å². The van der Waals surface area contributed by atoms with E-state index in [4.69, 9.17) is 24.4 Å². The van der Waals surface area contributed by atoms with Gasteiger partial charge in [0, 0.05) is 31.0 Å². The highest BCUT2D eigenvalue weighted by atomic mass is 32.2. The van der Waals surface area contributed by atoms with E-state index in [1.807, 2.05) is 30.3 Å². The first-order chi connectivity index (χ1) is 21.7. The number of ether oxygens (including phenoxy) is 3. The number of aromatic nitrogens is 1. The molecule has 3 bridgehead atoms. The zero-order valence-corrected chi connectivity index (χ0v) is 25.6. The molecule has 4 aliphatic rings. The van der Waals surface area contributed by atoms with Gasteiger partial charge in [0.25, 0.3) is 6.01 Å². The number of aliphatic hydroxyl groups is 1. The van der Waals surface area contributed by atoms with Crippen LogP contribution < -0.4 is 16.4 Å². The van der Waals surface area contributed by atoms with E-state index < -0.39 is 34.4 Å². The number of sulfonamides is 1. The second-order valence-electron chi connectivity index (χ2n) is 12.6. The third-order valence-electron chi connectivity index (χ3n) is 9.48. The number of nitrogen functional groups attached to an aromatic ring is 1. The number of anilines is 1. The molecule has 1 saturated carbocycles. The van der Waals surface area contributed by atoms with E-state index in [-0.39, 0.29) is 60.2 Å². The van der Waals surface area contributed by atoms with Crippen LogP contribution in [0.4, 0.5) is 10.8 Å². The molecule has 4 heterocycles. The van der Waals surface area contributed by atoms with Gasteiger partial charge in [-0.3, -0.25) is 0 Å². The zero-order chi connectivity index (χ0) is 31.1. The van der Waals surface area contributed by atoms with Crippen molar-refractivity contribution in [2.24, 2.45) is 17.8 Å². The molecule has 7 rings (SSSR count). The Labute approximate surface area is 261 Å². The largest absolute Gasteiger partial charge is 0.443 e. The normalized spacial score (nSPS) is 28.8. The first-order valence-corrected chi connectivity index (χ1v) is 17.0. The highest BCUT2D eigenvalue weighted by Gasteiger charge is 2.53. The molecule has 45 heavy (non-hydrogen) atoms. The molecule has 1 aromatic heterocycles. The average Bonchev–Trinajstić information content (AvgIpc) is 3.74. The molecule has 13 nitrogen and oxygen atoms in total. The fourth-order valence-corrected chi connectivity index (χ4v) is 8.73. The molecule has 1 amide bonds. The first kappa shape index (κ1) is 30.4. The summed E-state index contributed by atoms with van der Waals surface area (Å²) < 4.78 is 52.6. The minimum atomic E-state index is -4.09. The van der Waals surface area contributed by atoms with Gasteiger partial charge >= 0.3 is 6.09 Å². The maximum absolute atomic E-state index is 14.1. The number of benzene rings is 2. The fraction of sp³-hybridized carbons (Fsp3) is 0.548. The van der Waals surface area contributed by atoms with Crippen molar-refractivity contribution in [1.82, 2.24) is 19.9 Å². The summed E-state index contributed by atoms with van der Waals surface area (Å²) in [7, 11) is -4.09. The van der Waals surface area contributed by atoms with Crippen molar-refractivity contribution < 1.29 is 36.9 Å². The summed E-state index contributed by atoms with van der Waals surface area (Å²) in [6.45, 7) is 1.86. The number of carbonyl (C=O) groups excluding carboxylic acids is 1. The second-order valence-corrected chi connectivity index (χ2v) is 14.5. The quantitative estimate of drug-likeness (QED) is 0.240. The third-order valence-corrected chi connectivity index (χ3v) is 11.3. The van der Waals surface area contributed by atoms with Crippen LogP contribution in [0.1, 0.15) is 24.8 Å². The van der Waals surface area contributed by atoms with Gasteiger partial charge in [-0.15, -0.1) is 0 Å². The number of alkyl carbamates (subject to hydrolysis) is 1. The molecule has 0 spiro atoms. The Bertz CT molecular complexity index is 1610. The molecule has 3 saturated heterocycles. The Balaban J connectivity index is 1.12. The van der Waals surface area contributed by atoms with Crippen molar-refractivity contribution in [2.45, 2.75) is 61.2 Å². The summed E-state index contributed by atoms with van der Waals surface area (Å²) in [5.74, 6) is 0.434. The van der Waals surface area contributed by atoms with E-state index in [0.717, 1.165) is 31.4 Å². The smallest absolute Gasteiger partial charge is 0.407 e. The van der Waals surface area contributed by atoms with Crippen molar-refractivity contribution in [2.75, 3.05) is 38.5 Å². The van der Waals surface area contributed by atoms with E-state index in [1.165, 1.54) is 16.4 Å². The van der Waals surface area contributed by atoms with Crippen LogP contribution in [0.5, 0.6) is 0 Å². The van der Waals surface area contributed by atoms with E-state index >= 15 is 0 Å². The predicted octanol–water partition coefficient (Wildman–Crippen LogP) is 1.86. The highest BCUT2D eigenvalue weighted by molar-refractivity contribution is 7.89. The lowest BCUT2D eigenvalue weighted by molar-refractivity contribution is -0.153. The molecule has 3 aromatic rings. The molecule has 5 unspecified atom stereocenters.